The Balaban J connectivity index is 1.87. The highest BCUT2D eigenvalue weighted by molar-refractivity contribution is 5.57. The molecule has 102 valence electrons. The third-order valence-corrected chi connectivity index (χ3v) is 2.77. The van der Waals surface area contributed by atoms with Crippen LogP contribution in [-0.2, 0) is 6.54 Å². The maximum absolute atomic E-state index is 12.9. The number of imidazole rings is 1. The molecule has 1 aromatic carbocycles. The minimum atomic E-state index is -0.307. The van der Waals surface area contributed by atoms with Crippen LogP contribution in [0, 0.1) is 5.82 Å². The number of hydrogen-bond acceptors (Lipinski definition) is 5. The maximum Gasteiger partial charge on any atom is 0.278 e. The molecule has 0 saturated carbocycles. The van der Waals surface area contributed by atoms with Crippen molar-refractivity contribution in [3.63, 3.8) is 0 Å². The number of hydrogen-bond donors (Lipinski definition) is 1. The number of nitrogens with two attached hydrogens (primary N) is 1. The van der Waals surface area contributed by atoms with Gasteiger partial charge >= 0.3 is 0 Å². The van der Waals surface area contributed by atoms with Gasteiger partial charge < -0.3 is 14.8 Å². The predicted octanol–water partition coefficient (Wildman–Crippen LogP) is 1.70. The zero-order chi connectivity index (χ0) is 13.9. The van der Waals surface area contributed by atoms with Gasteiger partial charge in [0.05, 0.1) is 6.33 Å². The van der Waals surface area contributed by atoms with Crippen molar-refractivity contribution < 1.29 is 8.91 Å². The average molecular weight is 273 g/mol. The van der Waals surface area contributed by atoms with Crippen LogP contribution in [0.15, 0.2) is 41.3 Å². The molecule has 2 N–H and O–H groups in total. The third kappa shape index (κ3) is 2.43. The van der Waals surface area contributed by atoms with Crippen LogP contribution in [0.4, 0.5) is 4.39 Å². The Hall–Kier alpha value is -2.54. The van der Waals surface area contributed by atoms with Crippen LogP contribution in [0.25, 0.3) is 23.0 Å². The lowest BCUT2D eigenvalue weighted by atomic mass is 10.2. The van der Waals surface area contributed by atoms with E-state index in [1.165, 1.54) is 12.1 Å². The molecule has 0 atom stereocenters. The molecule has 0 spiro atoms. The quantitative estimate of drug-likeness (QED) is 0.782. The molecule has 2 aromatic heterocycles. The van der Waals surface area contributed by atoms with Gasteiger partial charge in [0.15, 0.2) is 0 Å². The van der Waals surface area contributed by atoms with Gasteiger partial charge in [0.25, 0.3) is 5.89 Å². The minimum Gasteiger partial charge on any atom is -0.335 e. The van der Waals surface area contributed by atoms with E-state index in [1.54, 1.807) is 24.7 Å². The molecule has 6 nitrogen and oxygen atoms in total. The molecule has 0 bridgehead atoms. The van der Waals surface area contributed by atoms with Gasteiger partial charge in [-0.3, -0.25) is 0 Å². The Labute approximate surface area is 114 Å². The summed E-state index contributed by atoms with van der Waals surface area (Å²) in [6, 6.07) is 5.89. The second-order valence-electron chi connectivity index (χ2n) is 4.22. The van der Waals surface area contributed by atoms with Gasteiger partial charge in [0, 0.05) is 24.8 Å². The SMILES string of the molecule is NCCn1cnc(-c2nc(-c3ccc(F)cc3)no2)c1. The third-order valence-electron chi connectivity index (χ3n) is 2.77. The fourth-order valence-electron chi connectivity index (χ4n) is 1.79. The lowest BCUT2D eigenvalue weighted by Crippen LogP contribution is -2.07. The van der Waals surface area contributed by atoms with E-state index in [4.69, 9.17) is 10.3 Å². The van der Waals surface area contributed by atoms with Crippen molar-refractivity contribution in [2.45, 2.75) is 6.54 Å². The van der Waals surface area contributed by atoms with Crippen LogP contribution >= 0.6 is 0 Å². The van der Waals surface area contributed by atoms with E-state index in [2.05, 4.69) is 15.1 Å². The highest BCUT2D eigenvalue weighted by Gasteiger charge is 2.12. The molecule has 3 rings (SSSR count). The second kappa shape index (κ2) is 5.22. The van der Waals surface area contributed by atoms with Gasteiger partial charge in [-0.25, -0.2) is 9.37 Å². The highest BCUT2D eigenvalue weighted by Crippen LogP contribution is 2.21. The van der Waals surface area contributed by atoms with E-state index in [0.717, 1.165) is 0 Å². The van der Waals surface area contributed by atoms with Gasteiger partial charge in [-0.1, -0.05) is 5.16 Å². The Morgan fingerprint density at radius 3 is 2.80 bits per heavy atom. The van der Waals surface area contributed by atoms with Gasteiger partial charge in [0.1, 0.15) is 11.5 Å². The molecule has 0 saturated heterocycles. The summed E-state index contributed by atoms with van der Waals surface area (Å²) in [5.74, 6) is 0.409. The molecule has 20 heavy (non-hydrogen) atoms. The summed E-state index contributed by atoms with van der Waals surface area (Å²) >= 11 is 0. The molecule has 3 aromatic rings. The fourth-order valence-corrected chi connectivity index (χ4v) is 1.79. The summed E-state index contributed by atoms with van der Waals surface area (Å²) in [7, 11) is 0. The van der Waals surface area contributed by atoms with Crippen LogP contribution in [0.1, 0.15) is 0 Å². The van der Waals surface area contributed by atoms with E-state index >= 15 is 0 Å². The van der Waals surface area contributed by atoms with E-state index in [1.807, 2.05) is 4.57 Å². The number of halogens is 1. The first-order valence-electron chi connectivity index (χ1n) is 6.08. The topological polar surface area (TPSA) is 82.8 Å². The van der Waals surface area contributed by atoms with Crippen molar-refractivity contribution in [3.8, 4) is 23.0 Å². The maximum atomic E-state index is 12.9. The van der Waals surface area contributed by atoms with Crippen LogP contribution in [0.3, 0.4) is 0 Å². The summed E-state index contributed by atoms with van der Waals surface area (Å²) in [5.41, 5.74) is 6.74. The Morgan fingerprint density at radius 2 is 2.05 bits per heavy atom. The van der Waals surface area contributed by atoms with E-state index in [0.29, 0.717) is 36.1 Å². The van der Waals surface area contributed by atoms with E-state index in [-0.39, 0.29) is 5.82 Å². The van der Waals surface area contributed by atoms with Crippen molar-refractivity contribution in [2.75, 3.05) is 6.54 Å². The standard InChI is InChI=1S/C13H12FN5O/c14-10-3-1-9(2-4-10)12-17-13(20-18-12)11-7-19(6-5-15)8-16-11/h1-4,7-8H,5-6,15H2. The van der Waals surface area contributed by atoms with Crippen molar-refractivity contribution in [1.29, 1.82) is 0 Å². The van der Waals surface area contributed by atoms with Crippen LogP contribution < -0.4 is 5.73 Å². The van der Waals surface area contributed by atoms with Gasteiger partial charge in [-0.05, 0) is 24.3 Å². The molecule has 0 fully saturated rings. The first-order chi connectivity index (χ1) is 9.76. The van der Waals surface area contributed by atoms with Crippen LogP contribution in [-0.4, -0.2) is 26.2 Å². The number of nitrogens with zero attached hydrogens (tertiary/aromatic N) is 4. The average Bonchev–Trinajstić information content (AvgIpc) is 3.08. The minimum absolute atomic E-state index is 0.307. The second-order valence-corrected chi connectivity index (χ2v) is 4.22. The monoisotopic (exact) mass is 273 g/mol. The van der Waals surface area contributed by atoms with Crippen LogP contribution in [0.5, 0.6) is 0 Å². The number of rotatable bonds is 4. The largest absolute Gasteiger partial charge is 0.335 e. The van der Waals surface area contributed by atoms with Gasteiger partial charge in [-0.15, -0.1) is 0 Å². The molecule has 0 aliphatic rings. The summed E-state index contributed by atoms with van der Waals surface area (Å²) in [4.78, 5) is 8.42. The van der Waals surface area contributed by atoms with E-state index in [9.17, 15) is 4.39 Å². The van der Waals surface area contributed by atoms with Crippen molar-refractivity contribution in [2.24, 2.45) is 5.73 Å². The smallest absolute Gasteiger partial charge is 0.278 e. The molecular weight excluding hydrogens is 261 g/mol. The zero-order valence-electron chi connectivity index (χ0n) is 10.5. The molecule has 0 aliphatic heterocycles. The first-order valence-corrected chi connectivity index (χ1v) is 6.08. The number of benzene rings is 1. The molecule has 0 aliphatic carbocycles. The molecule has 0 radical (unpaired) electrons. The molecule has 2 heterocycles. The fraction of sp³-hybridized carbons (Fsp3) is 0.154. The summed E-state index contributed by atoms with van der Waals surface area (Å²) in [6.45, 7) is 1.20. The summed E-state index contributed by atoms with van der Waals surface area (Å²) < 4.78 is 19.9. The lowest BCUT2D eigenvalue weighted by molar-refractivity contribution is 0.431. The van der Waals surface area contributed by atoms with Gasteiger partial charge in [-0.2, -0.15) is 4.98 Å². The number of aromatic nitrogens is 4. The van der Waals surface area contributed by atoms with Gasteiger partial charge in [0.2, 0.25) is 5.82 Å². The Kier molecular flexibility index (Phi) is 3.26. The van der Waals surface area contributed by atoms with Crippen molar-refractivity contribution >= 4 is 0 Å². The zero-order valence-corrected chi connectivity index (χ0v) is 10.5. The Bertz CT molecular complexity index is 704. The Morgan fingerprint density at radius 1 is 1.25 bits per heavy atom. The molecular formula is C13H12FN5O. The lowest BCUT2D eigenvalue weighted by Gasteiger charge is -1.94. The summed E-state index contributed by atoms with van der Waals surface area (Å²) in [5, 5.41) is 3.87. The normalized spacial score (nSPS) is 10.9. The summed E-state index contributed by atoms with van der Waals surface area (Å²) in [6.07, 6.45) is 3.44. The van der Waals surface area contributed by atoms with E-state index < -0.39 is 0 Å². The highest BCUT2D eigenvalue weighted by atomic mass is 19.1. The molecule has 0 amide bonds. The van der Waals surface area contributed by atoms with Crippen molar-refractivity contribution in [3.05, 3.63) is 42.6 Å². The molecule has 0 unspecified atom stereocenters. The van der Waals surface area contributed by atoms with Crippen molar-refractivity contribution in [1.82, 2.24) is 19.7 Å². The first kappa shape index (κ1) is 12.5. The predicted molar refractivity (Wildman–Crippen MR) is 70.0 cm³/mol. The molecule has 7 heteroatoms. The van der Waals surface area contributed by atoms with Crippen LogP contribution in [0.2, 0.25) is 0 Å².